The van der Waals surface area contributed by atoms with E-state index in [1.807, 2.05) is 32.0 Å². The third kappa shape index (κ3) is 5.97. The molecule has 1 amide bonds. The van der Waals surface area contributed by atoms with Gasteiger partial charge < -0.3 is 29.7 Å². The second-order valence-electron chi connectivity index (χ2n) is 7.84. The topological polar surface area (TPSA) is 106 Å². The molecular formula is C24H33N3O6. The van der Waals surface area contributed by atoms with E-state index in [2.05, 4.69) is 10.6 Å². The number of anilines is 2. The molecule has 1 saturated heterocycles. The lowest BCUT2D eigenvalue weighted by molar-refractivity contribution is 0.0983. The Bertz CT molecular complexity index is 1010. The van der Waals surface area contributed by atoms with Gasteiger partial charge >= 0.3 is 6.09 Å². The molecule has 2 aromatic rings. The van der Waals surface area contributed by atoms with Crippen molar-refractivity contribution >= 4 is 17.5 Å². The highest BCUT2D eigenvalue weighted by Gasteiger charge is 2.27. The Balaban J connectivity index is 1.54. The lowest BCUT2D eigenvalue weighted by Crippen LogP contribution is -2.45. The molecule has 9 heteroatoms. The highest BCUT2D eigenvalue weighted by atomic mass is 16.6. The molecule has 1 aliphatic heterocycles. The third-order valence-electron chi connectivity index (χ3n) is 5.60. The van der Waals surface area contributed by atoms with Crippen molar-refractivity contribution in [3.8, 4) is 11.5 Å². The second-order valence-corrected chi connectivity index (χ2v) is 7.84. The SMILES string of the molecule is CCOC(=O)N1CCC(Nc2c(NCCc3ccc(OCC)c(OCC)c3)c(=O)c2=O)CC1. The van der Waals surface area contributed by atoms with Crippen LogP contribution in [0.5, 0.6) is 11.5 Å². The molecule has 2 N–H and O–H groups in total. The maximum atomic E-state index is 12.1. The minimum absolute atomic E-state index is 0.0272. The van der Waals surface area contributed by atoms with E-state index >= 15 is 0 Å². The number of nitrogens with zero attached hydrogens (tertiary/aromatic N) is 1. The number of amides is 1. The van der Waals surface area contributed by atoms with Crippen molar-refractivity contribution in [2.75, 3.05) is 50.1 Å². The zero-order valence-corrected chi connectivity index (χ0v) is 19.6. The van der Waals surface area contributed by atoms with Crippen LogP contribution in [0.25, 0.3) is 0 Å². The van der Waals surface area contributed by atoms with Crippen LogP contribution in [0.2, 0.25) is 0 Å². The summed E-state index contributed by atoms with van der Waals surface area (Å²) in [5.41, 5.74) is 0.724. The van der Waals surface area contributed by atoms with E-state index < -0.39 is 10.9 Å². The molecule has 3 rings (SSSR count). The fraction of sp³-hybridized carbons (Fsp3) is 0.542. The van der Waals surface area contributed by atoms with Crippen molar-refractivity contribution in [2.24, 2.45) is 0 Å². The number of hydrogen-bond donors (Lipinski definition) is 2. The predicted molar refractivity (Wildman–Crippen MR) is 128 cm³/mol. The van der Waals surface area contributed by atoms with E-state index in [-0.39, 0.29) is 12.1 Å². The minimum atomic E-state index is -0.497. The van der Waals surface area contributed by atoms with Gasteiger partial charge in [0.1, 0.15) is 11.4 Å². The summed E-state index contributed by atoms with van der Waals surface area (Å²) in [6, 6.07) is 5.82. The van der Waals surface area contributed by atoms with Gasteiger partial charge in [-0.2, -0.15) is 0 Å². The number of hydrogen-bond acceptors (Lipinski definition) is 8. The molecule has 33 heavy (non-hydrogen) atoms. The molecule has 0 spiro atoms. The van der Waals surface area contributed by atoms with Gasteiger partial charge in [-0.1, -0.05) is 6.07 Å². The van der Waals surface area contributed by atoms with E-state index in [1.54, 1.807) is 11.8 Å². The maximum Gasteiger partial charge on any atom is 0.409 e. The first kappa shape index (κ1) is 24.4. The van der Waals surface area contributed by atoms with Crippen LogP contribution < -0.4 is 31.0 Å². The first-order valence-corrected chi connectivity index (χ1v) is 11.6. The lowest BCUT2D eigenvalue weighted by atomic mass is 10.0. The lowest BCUT2D eigenvalue weighted by Gasteiger charge is -2.32. The molecule has 1 heterocycles. The summed E-state index contributed by atoms with van der Waals surface area (Å²) >= 11 is 0. The number of nitrogens with one attached hydrogen (secondary N) is 2. The average Bonchev–Trinajstić information content (AvgIpc) is 2.82. The number of benzene rings is 1. The number of ether oxygens (including phenoxy) is 3. The number of rotatable bonds is 11. The van der Waals surface area contributed by atoms with Crippen LogP contribution in [0, 0.1) is 0 Å². The van der Waals surface area contributed by atoms with Crippen molar-refractivity contribution < 1.29 is 19.0 Å². The van der Waals surface area contributed by atoms with Gasteiger partial charge in [0.25, 0.3) is 10.9 Å². The monoisotopic (exact) mass is 459 g/mol. The minimum Gasteiger partial charge on any atom is -0.490 e. The van der Waals surface area contributed by atoms with Gasteiger partial charge in [0.15, 0.2) is 11.5 Å². The van der Waals surface area contributed by atoms with Crippen LogP contribution >= 0.6 is 0 Å². The standard InChI is InChI=1S/C24H33N3O6/c1-4-31-18-8-7-16(15-19(18)32-5-2)9-12-25-20-21(23(29)22(20)28)26-17-10-13-27(14-11-17)24(30)33-6-3/h7-8,15,17,25-26H,4-6,9-14H2,1-3H3. The molecular weight excluding hydrogens is 426 g/mol. The highest BCUT2D eigenvalue weighted by molar-refractivity contribution is 5.74. The Morgan fingerprint density at radius 1 is 0.970 bits per heavy atom. The van der Waals surface area contributed by atoms with Crippen molar-refractivity contribution in [1.82, 2.24) is 4.90 Å². The van der Waals surface area contributed by atoms with Gasteiger partial charge in [-0.05, 0) is 57.7 Å². The molecule has 0 bridgehead atoms. The van der Waals surface area contributed by atoms with Gasteiger partial charge in [0.2, 0.25) is 0 Å². The van der Waals surface area contributed by atoms with Crippen molar-refractivity contribution in [2.45, 2.75) is 46.1 Å². The fourth-order valence-corrected chi connectivity index (χ4v) is 3.91. The van der Waals surface area contributed by atoms with E-state index in [4.69, 9.17) is 14.2 Å². The van der Waals surface area contributed by atoms with Crippen LogP contribution in [0.4, 0.5) is 16.2 Å². The number of piperidine rings is 1. The summed E-state index contributed by atoms with van der Waals surface area (Å²) in [5.74, 6) is 1.40. The predicted octanol–water partition coefficient (Wildman–Crippen LogP) is 2.77. The smallest absolute Gasteiger partial charge is 0.409 e. The Labute approximate surface area is 193 Å². The molecule has 1 aliphatic rings. The normalized spacial score (nSPS) is 14.2. The van der Waals surface area contributed by atoms with Gasteiger partial charge in [-0.15, -0.1) is 0 Å². The summed E-state index contributed by atoms with van der Waals surface area (Å²) in [6.07, 6.45) is 1.71. The van der Waals surface area contributed by atoms with Gasteiger partial charge in [-0.25, -0.2) is 4.79 Å². The Morgan fingerprint density at radius 2 is 1.64 bits per heavy atom. The summed E-state index contributed by atoms with van der Waals surface area (Å²) in [6.45, 7) is 8.67. The van der Waals surface area contributed by atoms with Crippen LogP contribution in [-0.4, -0.2) is 56.5 Å². The Hall–Kier alpha value is -3.23. The van der Waals surface area contributed by atoms with Crippen LogP contribution in [-0.2, 0) is 11.2 Å². The maximum absolute atomic E-state index is 12.1. The second kappa shape index (κ2) is 11.6. The van der Waals surface area contributed by atoms with Crippen LogP contribution in [0.15, 0.2) is 27.8 Å². The zero-order valence-electron chi connectivity index (χ0n) is 19.6. The van der Waals surface area contributed by atoms with Crippen LogP contribution in [0.1, 0.15) is 39.2 Å². The molecule has 0 aliphatic carbocycles. The molecule has 0 atom stereocenters. The number of carbonyl (C=O) groups excluding carboxylic acids is 1. The van der Waals surface area contributed by atoms with E-state index in [9.17, 15) is 14.4 Å². The van der Waals surface area contributed by atoms with Crippen molar-refractivity contribution in [3.63, 3.8) is 0 Å². The molecule has 0 saturated carbocycles. The number of carbonyl (C=O) groups is 1. The number of likely N-dealkylation sites (tertiary alicyclic amines) is 1. The molecule has 0 aromatic heterocycles. The van der Waals surface area contributed by atoms with Gasteiger partial charge in [0.05, 0.1) is 19.8 Å². The van der Waals surface area contributed by atoms with E-state index in [1.165, 1.54) is 0 Å². The van der Waals surface area contributed by atoms with E-state index in [0.29, 0.717) is 81.6 Å². The van der Waals surface area contributed by atoms with Gasteiger partial charge in [-0.3, -0.25) is 9.59 Å². The molecule has 1 fully saturated rings. The first-order chi connectivity index (χ1) is 16.0. The largest absolute Gasteiger partial charge is 0.490 e. The highest BCUT2D eigenvalue weighted by Crippen LogP contribution is 2.29. The average molecular weight is 460 g/mol. The summed E-state index contributed by atoms with van der Waals surface area (Å²) in [5, 5.41) is 6.32. The summed E-state index contributed by atoms with van der Waals surface area (Å²) in [7, 11) is 0. The molecule has 9 nitrogen and oxygen atoms in total. The zero-order chi connectivity index (χ0) is 23.8. The first-order valence-electron chi connectivity index (χ1n) is 11.6. The van der Waals surface area contributed by atoms with Crippen molar-refractivity contribution in [3.05, 3.63) is 44.2 Å². The van der Waals surface area contributed by atoms with Crippen molar-refractivity contribution in [1.29, 1.82) is 0 Å². The van der Waals surface area contributed by atoms with Crippen LogP contribution in [0.3, 0.4) is 0 Å². The summed E-state index contributed by atoms with van der Waals surface area (Å²) < 4.78 is 16.3. The molecule has 2 aromatic carbocycles. The quantitative estimate of drug-likeness (QED) is 0.494. The fourth-order valence-electron chi connectivity index (χ4n) is 3.91. The molecule has 0 radical (unpaired) electrons. The molecule has 0 unspecified atom stereocenters. The van der Waals surface area contributed by atoms with E-state index in [0.717, 1.165) is 5.56 Å². The molecule has 180 valence electrons. The third-order valence-corrected chi connectivity index (χ3v) is 5.60. The Morgan fingerprint density at radius 3 is 2.30 bits per heavy atom. The van der Waals surface area contributed by atoms with Gasteiger partial charge in [0, 0.05) is 25.7 Å². The summed E-state index contributed by atoms with van der Waals surface area (Å²) in [4.78, 5) is 37.7. The Kier molecular flexibility index (Phi) is 8.57.